The van der Waals surface area contributed by atoms with Gasteiger partial charge in [0.15, 0.2) is 0 Å². The Hall–Kier alpha value is -1.54. The third-order valence-electron chi connectivity index (χ3n) is 2.50. The molecule has 0 heterocycles. The van der Waals surface area contributed by atoms with Crippen molar-refractivity contribution >= 4 is 22.6 Å². The quantitative estimate of drug-likeness (QED) is 0.782. The van der Waals surface area contributed by atoms with Gasteiger partial charge in [-0.2, -0.15) is 5.26 Å². The zero-order valence-electron chi connectivity index (χ0n) is 9.27. The first-order valence-corrected chi connectivity index (χ1v) is 6.16. The van der Waals surface area contributed by atoms with E-state index in [2.05, 4.69) is 28.7 Å². The van der Waals surface area contributed by atoms with E-state index >= 15 is 0 Å². The third kappa shape index (κ3) is 2.59. The Bertz CT molecular complexity index is 570. The summed E-state index contributed by atoms with van der Waals surface area (Å²) in [6.07, 6.45) is 0. The Morgan fingerprint density at radius 2 is 1.82 bits per heavy atom. The van der Waals surface area contributed by atoms with Crippen LogP contribution in [0.5, 0.6) is 5.75 Å². The number of ether oxygens (including phenoxy) is 1. The van der Waals surface area contributed by atoms with Crippen LogP contribution in [-0.4, -0.2) is 7.11 Å². The van der Waals surface area contributed by atoms with Crippen LogP contribution in [0.4, 0.5) is 0 Å². The lowest BCUT2D eigenvalue weighted by Crippen LogP contribution is -1.86. The minimum Gasteiger partial charge on any atom is -0.497 e. The summed E-state index contributed by atoms with van der Waals surface area (Å²) in [6.45, 7) is 0. The van der Waals surface area contributed by atoms with E-state index in [1.54, 1.807) is 7.11 Å². The number of halogens is 1. The van der Waals surface area contributed by atoms with Crippen LogP contribution in [0.2, 0.25) is 0 Å². The molecule has 2 rings (SSSR count). The largest absolute Gasteiger partial charge is 0.497 e. The molecule has 0 radical (unpaired) electrons. The molecule has 0 spiro atoms. The van der Waals surface area contributed by atoms with Gasteiger partial charge in [-0.3, -0.25) is 0 Å². The lowest BCUT2D eigenvalue weighted by atomic mass is 10.0. The molecule has 0 bridgehead atoms. The van der Waals surface area contributed by atoms with Crippen molar-refractivity contribution in [2.75, 3.05) is 7.11 Å². The number of nitriles is 1. The van der Waals surface area contributed by atoms with Crippen molar-refractivity contribution in [2.24, 2.45) is 0 Å². The standard InChI is InChI=1S/C14H10INO/c1-17-12-5-3-11(4-6-12)13-8-10(9-16)2-7-14(13)15/h2-8H,1H3. The third-order valence-corrected chi connectivity index (χ3v) is 3.44. The summed E-state index contributed by atoms with van der Waals surface area (Å²) in [5.74, 6) is 0.834. The van der Waals surface area contributed by atoms with Crippen LogP contribution in [0.25, 0.3) is 11.1 Å². The number of nitrogens with zero attached hydrogens (tertiary/aromatic N) is 1. The molecular formula is C14H10INO. The molecule has 0 aliphatic rings. The predicted molar refractivity (Wildman–Crippen MR) is 75.9 cm³/mol. The fraction of sp³-hybridized carbons (Fsp3) is 0.0714. The second kappa shape index (κ2) is 5.19. The molecule has 0 amide bonds. The molecule has 2 aromatic carbocycles. The van der Waals surface area contributed by atoms with E-state index in [0.29, 0.717) is 5.56 Å². The monoisotopic (exact) mass is 335 g/mol. The Labute approximate surface area is 114 Å². The summed E-state index contributed by atoms with van der Waals surface area (Å²) in [5.41, 5.74) is 2.84. The van der Waals surface area contributed by atoms with E-state index in [0.717, 1.165) is 20.4 Å². The molecule has 2 nitrogen and oxygen atoms in total. The van der Waals surface area contributed by atoms with E-state index in [1.807, 2.05) is 42.5 Å². The van der Waals surface area contributed by atoms with Gasteiger partial charge in [0.1, 0.15) is 5.75 Å². The van der Waals surface area contributed by atoms with Crippen molar-refractivity contribution < 1.29 is 4.74 Å². The van der Waals surface area contributed by atoms with Crippen molar-refractivity contribution in [1.82, 2.24) is 0 Å². The molecule has 0 aliphatic carbocycles. The molecule has 0 atom stereocenters. The van der Waals surface area contributed by atoms with E-state index in [1.165, 1.54) is 0 Å². The van der Waals surface area contributed by atoms with E-state index < -0.39 is 0 Å². The summed E-state index contributed by atoms with van der Waals surface area (Å²) in [4.78, 5) is 0. The first kappa shape index (κ1) is 11.9. The van der Waals surface area contributed by atoms with E-state index in [9.17, 15) is 0 Å². The van der Waals surface area contributed by atoms with Gasteiger partial charge in [0.25, 0.3) is 0 Å². The number of benzene rings is 2. The molecule has 0 fully saturated rings. The maximum atomic E-state index is 8.91. The Kier molecular flexibility index (Phi) is 3.64. The van der Waals surface area contributed by atoms with Crippen LogP contribution >= 0.6 is 22.6 Å². The molecule has 0 aromatic heterocycles. The lowest BCUT2D eigenvalue weighted by molar-refractivity contribution is 0.415. The van der Waals surface area contributed by atoms with Gasteiger partial charge < -0.3 is 4.74 Å². The number of rotatable bonds is 2. The number of hydrogen-bond donors (Lipinski definition) is 0. The SMILES string of the molecule is COc1ccc(-c2cc(C#N)ccc2I)cc1. The highest BCUT2D eigenvalue weighted by Crippen LogP contribution is 2.27. The normalized spacial score (nSPS) is 9.71. The summed E-state index contributed by atoms with van der Waals surface area (Å²) in [5, 5.41) is 8.91. The first-order chi connectivity index (χ1) is 8.24. The van der Waals surface area contributed by atoms with Gasteiger partial charge in [-0.15, -0.1) is 0 Å². The molecule has 2 aromatic rings. The van der Waals surface area contributed by atoms with Crippen molar-refractivity contribution in [2.45, 2.75) is 0 Å². The number of methoxy groups -OCH3 is 1. The van der Waals surface area contributed by atoms with Gasteiger partial charge in [0, 0.05) is 3.57 Å². The Balaban J connectivity index is 2.48. The molecule has 17 heavy (non-hydrogen) atoms. The fourth-order valence-electron chi connectivity index (χ4n) is 1.59. The minimum atomic E-state index is 0.677. The van der Waals surface area contributed by atoms with Crippen LogP contribution in [-0.2, 0) is 0 Å². The van der Waals surface area contributed by atoms with Crippen molar-refractivity contribution in [3.05, 3.63) is 51.6 Å². The smallest absolute Gasteiger partial charge is 0.118 e. The van der Waals surface area contributed by atoms with Gasteiger partial charge in [-0.05, 0) is 64.0 Å². The maximum absolute atomic E-state index is 8.91. The molecule has 3 heteroatoms. The van der Waals surface area contributed by atoms with E-state index in [-0.39, 0.29) is 0 Å². The van der Waals surface area contributed by atoms with E-state index in [4.69, 9.17) is 10.00 Å². The lowest BCUT2D eigenvalue weighted by Gasteiger charge is -2.06. The van der Waals surface area contributed by atoms with Crippen LogP contribution in [0.15, 0.2) is 42.5 Å². The summed E-state index contributed by atoms with van der Waals surface area (Å²) in [6, 6.07) is 15.7. The number of hydrogen-bond acceptors (Lipinski definition) is 2. The van der Waals surface area contributed by atoms with Gasteiger partial charge in [0.05, 0.1) is 18.7 Å². The van der Waals surface area contributed by atoms with Gasteiger partial charge in [-0.25, -0.2) is 0 Å². The summed E-state index contributed by atoms with van der Waals surface area (Å²) >= 11 is 2.27. The van der Waals surface area contributed by atoms with Crippen LogP contribution in [0.1, 0.15) is 5.56 Å². The van der Waals surface area contributed by atoms with Crippen molar-refractivity contribution in [1.29, 1.82) is 5.26 Å². The fourth-order valence-corrected chi connectivity index (χ4v) is 2.23. The predicted octanol–water partition coefficient (Wildman–Crippen LogP) is 3.84. The maximum Gasteiger partial charge on any atom is 0.118 e. The molecular weight excluding hydrogens is 325 g/mol. The molecule has 0 saturated carbocycles. The highest BCUT2D eigenvalue weighted by atomic mass is 127. The van der Waals surface area contributed by atoms with Gasteiger partial charge >= 0.3 is 0 Å². The second-order valence-corrected chi connectivity index (χ2v) is 4.70. The molecule has 0 unspecified atom stereocenters. The second-order valence-electron chi connectivity index (χ2n) is 3.53. The molecule has 0 aliphatic heterocycles. The Morgan fingerprint density at radius 3 is 2.41 bits per heavy atom. The Morgan fingerprint density at radius 1 is 1.12 bits per heavy atom. The molecule has 0 N–H and O–H groups in total. The van der Waals surface area contributed by atoms with Crippen molar-refractivity contribution in [3.8, 4) is 22.9 Å². The first-order valence-electron chi connectivity index (χ1n) is 5.08. The summed E-state index contributed by atoms with van der Waals surface area (Å²) < 4.78 is 6.26. The minimum absolute atomic E-state index is 0.677. The zero-order chi connectivity index (χ0) is 12.3. The zero-order valence-corrected chi connectivity index (χ0v) is 11.4. The van der Waals surface area contributed by atoms with Gasteiger partial charge in [-0.1, -0.05) is 12.1 Å². The molecule has 84 valence electrons. The average molecular weight is 335 g/mol. The van der Waals surface area contributed by atoms with Gasteiger partial charge in [0.2, 0.25) is 0 Å². The van der Waals surface area contributed by atoms with Crippen LogP contribution < -0.4 is 4.74 Å². The van der Waals surface area contributed by atoms with Crippen LogP contribution in [0, 0.1) is 14.9 Å². The highest BCUT2D eigenvalue weighted by molar-refractivity contribution is 14.1. The topological polar surface area (TPSA) is 33.0 Å². The van der Waals surface area contributed by atoms with Crippen molar-refractivity contribution in [3.63, 3.8) is 0 Å². The van der Waals surface area contributed by atoms with Crippen LogP contribution in [0.3, 0.4) is 0 Å². The summed E-state index contributed by atoms with van der Waals surface area (Å²) in [7, 11) is 1.65. The highest BCUT2D eigenvalue weighted by Gasteiger charge is 2.04. The average Bonchev–Trinajstić information content (AvgIpc) is 2.39. The molecule has 0 saturated heterocycles.